The summed E-state index contributed by atoms with van der Waals surface area (Å²) in [5.41, 5.74) is 3.52. The molecule has 1 aliphatic heterocycles. The second-order valence-electron chi connectivity index (χ2n) is 9.86. The molecule has 1 fully saturated rings. The molecule has 3 heterocycles. The Labute approximate surface area is 218 Å². The monoisotopic (exact) mass is 521 g/mol. The van der Waals surface area contributed by atoms with Gasteiger partial charge in [0.15, 0.2) is 11.1 Å². The Kier molecular flexibility index (Phi) is 6.54. The molecule has 1 aliphatic carbocycles. The van der Waals surface area contributed by atoms with E-state index in [-0.39, 0.29) is 28.1 Å². The Morgan fingerprint density at radius 2 is 2.00 bits per heavy atom. The summed E-state index contributed by atoms with van der Waals surface area (Å²) in [6, 6.07) is 6.42. The standard InChI is InChI=1S/C28H28ClN3O5/c1-14-12-19(16(3)30-21-6-7-22(29)31-23(21)28(35)36)26-20(13-14)24(33)15(2)25(37-26)17-8-10-32(11-9-17)27(34)18-4-5-18/h6-8,12-13,16,18,30H,4-5,9-11H2,1-3H3,(H,35,36)/t16-/m1/s1. The number of anilines is 1. The summed E-state index contributed by atoms with van der Waals surface area (Å²) in [5, 5.41) is 13.3. The normalized spacial score (nSPS) is 16.4. The zero-order valence-corrected chi connectivity index (χ0v) is 21.7. The van der Waals surface area contributed by atoms with Crippen LogP contribution in [0, 0.1) is 19.8 Å². The molecule has 3 aromatic rings. The highest BCUT2D eigenvalue weighted by Gasteiger charge is 2.34. The van der Waals surface area contributed by atoms with Crippen LogP contribution >= 0.6 is 11.6 Å². The average molecular weight is 522 g/mol. The van der Waals surface area contributed by atoms with Gasteiger partial charge in [0.25, 0.3) is 0 Å². The highest BCUT2D eigenvalue weighted by molar-refractivity contribution is 6.29. The van der Waals surface area contributed by atoms with Gasteiger partial charge in [0.2, 0.25) is 5.91 Å². The highest BCUT2D eigenvalue weighted by atomic mass is 35.5. The van der Waals surface area contributed by atoms with Crippen LogP contribution in [-0.4, -0.2) is 40.0 Å². The predicted octanol–water partition coefficient (Wildman–Crippen LogP) is 5.36. The first-order valence-electron chi connectivity index (χ1n) is 12.4. The van der Waals surface area contributed by atoms with Crippen molar-refractivity contribution in [2.24, 2.45) is 5.92 Å². The van der Waals surface area contributed by atoms with E-state index in [2.05, 4.69) is 10.3 Å². The Balaban J connectivity index is 1.54. The van der Waals surface area contributed by atoms with E-state index in [9.17, 15) is 19.5 Å². The van der Waals surface area contributed by atoms with E-state index in [4.69, 9.17) is 16.0 Å². The van der Waals surface area contributed by atoms with E-state index in [1.807, 2.05) is 37.0 Å². The second-order valence-corrected chi connectivity index (χ2v) is 10.2. The van der Waals surface area contributed by atoms with Crippen LogP contribution in [0.4, 0.5) is 5.69 Å². The lowest BCUT2D eigenvalue weighted by Gasteiger charge is -2.27. The molecule has 0 spiro atoms. The zero-order valence-electron chi connectivity index (χ0n) is 20.9. The molecule has 9 heteroatoms. The van der Waals surface area contributed by atoms with E-state index in [0.717, 1.165) is 29.5 Å². The molecular weight excluding hydrogens is 494 g/mol. The number of amides is 1. The number of carbonyl (C=O) groups is 2. The van der Waals surface area contributed by atoms with Crippen molar-refractivity contribution in [2.45, 2.75) is 46.1 Å². The van der Waals surface area contributed by atoms with Gasteiger partial charge >= 0.3 is 5.97 Å². The summed E-state index contributed by atoms with van der Waals surface area (Å²) < 4.78 is 6.45. The van der Waals surface area contributed by atoms with Crippen molar-refractivity contribution < 1.29 is 19.1 Å². The van der Waals surface area contributed by atoms with Gasteiger partial charge < -0.3 is 19.7 Å². The third-order valence-electron chi connectivity index (χ3n) is 7.03. The summed E-state index contributed by atoms with van der Waals surface area (Å²) in [4.78, 5) is 43.4. The van der Waals surface area contributed by atoms with Crippen molar-refractivity contribution >= 4 is 45.7 Å². The lowest BCUT2D eigenvalue weighted by Crippen LogP contribution is -2.35. The number of hydrogen-bond acceptors (Lipinski definition) is 6. The van der Waals surface area contributed by atoms with Crippen LogP contribution in [0.25, 0.3) is 16.5 Å². The van der Waals surface area contributed by atoms with Gasteiger partial charge in [-0.25, -0.2) is 9.78 Å². The van der Waals surface area contributed by atoms with Gasteiger partial charge in [-0.3, -0.25) is 9.59 Å². The molecule has 2 N–H and O–H groups in total. The van der Waals surface area contributed by atoms with Gasteiger partial charge in [-0.15, -0.1) is 0 Å². The summed E-state index contributed by atoms with van der Waals surface area (Å²) >= 11 is 5.90. The van der Waals surface area contributed by atoms with Gasteiger partial charge in [0, 0.05) is 30.1 Å². The van der Waals surface area contributed by atoms with Gasteiger partial charge in [-0.2, -0.15) is 0 Å². The Morgan fingerprint density at radius 1 is 1.24 bits per heavy atom. The van der Waals surface area contributed by atoms with Crippen LogP contribution < -0.4 is 10.7 Å². The maximum atomic E-state index is 13.5. The molecule has 1 atom stereocenters. The highest BCUT2D eigenvalue weighted by Crippen LogP contribution is 2.35. The number of hydrogen-bond donors (Lipinski definition) is 2. The van der Waals surface area contributed by atoms with Crippen molar-refractivity contribution in [3.63, 3.8) is 0 Å². The second kappa shape index (κ2) is 9.67. The summed E-state index contributed by atoms with van der Waals surface area (Å²) in [6.07, 6.45) is 4.54. The van der Waals surface area contributed by atoms with E-state index in [0.29, 0.717) is 47.5 Å². The maximum Gasteiger partial charge on any atom is 0.356 e. The number of pyridine rings is 1. The Bertz CT molecular complexity index is 1520. The molecule has 2 aromatic heterocycles. The number of nitrogens with one attached hydrogen (secondary N) is 1. The van der Waals surface area contributed by atoms with Crippen molar-refractivity contribution in [3.05, 3.63) is 73.9 Å². The summed E-state index contributed by atoms with van der Waals surface area (Å²) in [7, 11) is 0. The minimum absolute atomic E-state index is 0.0841. The molecule has 1 aromatic carbocycles. The van der Waals surface area contributed by atoms with Gasteiger partial charge in [0.1, 0.15) is 16.5 Å². The molecule has 0 saturated heterocycles. The Morgan fingerprint density at radius 3 is 2.65 bits per heavy atom. The number of fused-ring (bicyclic) bond motifs is 1. The van der Waals surface area contributed by atoms with Gasteiger partial charge in [-0.1, -0.05) is 23.7 Å². The molecule has 1 saturated carbocycles. The summed E-state index contributed by atoms with van der Waals surface area (Å²) in [5.74, 6) is -0.281. The molecule has 2 aliphatic rings. The molecule has 1 amide bonds. The van der Waals surface area contributed by atoms with Gasteiger partial charge in [0.05, 0.1) is 17.1 Å². The average Bonchev–Trinajstić information content (AvgIpc) is 3.72. The van der Waals surface area contributed by atoms with E-state index < -0.39 is 12.0 Å². The fraction of sp³-hybridized carbons (Fsp3) is 0.357. The molecule has 5 rings (SSSR count). The van der Waals surface area contributed by atoms with Crippen LogP contribution in [-0.2, 0) is 4.79 Å². The van der Waals surface area contributed by atoms with Crippen LogP contribution in [0.3, 0.4) is 0 Å². The molecule has 0 bridgehead atoms. The van der Waals surface area contributed by atoms with Crippen LogP contribution in [0.2, 0.25) is 5.15 Å². The van der Waals surface area contributed by atoms with E-state index >= 15 is 0 Å². The van der Waals surface area contributed by atoms with Gasteiger partial charge in [-0.05, 0) is 69.4 Å². The number of carboxylic acids is 1. The van der Waals surface area contributed by atoms with Crippen molar-refractivity contribution in [1.82, 2.24) is 9.88 Å². The minimum Gasteiger partial charge on any atom is -0.476 e. The fourth-order valence-electron chi connectivity index (χ4n) is 4.89. The third-order valence-corrected chi connectivity index (χ3v) is 7.24. The first-order chi connectivity index (χ1) is 17.6. The summed E-state index contributed by atoms with van der Waals surface area (Å²) in [6.45, 7) is 6.65. The van der Waals surface area contributed by atoms with Crippen molar-refractivity contribution in [1.29, 1.82) is 0 Å². The topological polar surface area (TPSA) is 113 Å². The van der Waals surface area contributed by atoms with Crippen molar-refractivity contribution in [2.75, 3.05) is 18.4 Å². The predicted molar refractivity (Wildman–Crippen MR) is 142 cm³/mol. The molecule has 0 unspecified atom stereocenters. The number of carbonyl (C=O) groups excluding carboxylic acids is 1. The number of aromatic nitrogens is 1. The van der Waals surface area contributed by atoms with Crippen LogP contribution in [0.15, 0.2) is 39.6 Å². The van der Waals surface area contributed by atoms with E-state index in [1.54, 1.807) is 13.0 Å². The Hall–Kier alpha value is -3.65. The molecule has 0 radical (unpaired) electrons. The number of aryl methyl sites for hydroxylation is 1. The van der Waals surface area contributed by atoms with Crippen LogP contribution in [0.5, 0.6) is 0 Å². The zero-order chi connectivity index (χ0) is 26.4. The molecule has 8 nitrogen and oxygen atoms in total. The smallest absolute Gasteiger partial charge is 0.356 e. The molecule has 192 valence electrons. The minimum atomic E-state index is -1.20. The number of halogens is 1. The quantitative estimate of drug-likeness (QED) is 0.420. The SMILES string of the molecule is Cc1cc([C@@H](C)Nc2ccc(Cl)nc2C(=O)O)c2oc(C3=CCN(C(=O)C4CC4)CC3)c(C)c(=O)c2c1. The first kappa shape index (κ1) is 25.0. The number of benzene rings is 1. The number of nitrogens with zero attached hydrogens (tertiary/aromatic N) is 2. The number of carboxylic acid groups (broad SMARTS) is 1. The fourth-order valence-corrected chi connectivity index (χ4v) is 5.03. The first-order valence-corrected chi connectivity index (χ1v) is 12.7. The van der Waals surface area contributed by atoms with Crippen molar-refractivity contribution in [3.8, 4) is 0 Å². The molecular formula is C28H28ClN3O5. The number of aromatic carboxylic acids is 1. The lowest BCUT2D eigenvalue weighted by molar-refractivity contribution is -0.132. The maximum absolute atomic E-state index is 13.5. The van der Waals surface area contributed by atoms with E-state index in [1.165, 1.54) is 6.07 Å². The lowest BCUT2D eigenvalue weighted by atomic mass is 9.97. The van der Waals surface area contributed by atoms with Crippen LogP contribution in [0.1, 0.15) is 65.2 Å². The number of rotatable bonds is 6. The largest absolute Gasteiger partial charge is 0.476 e. The third kappa shape index (κ3) is 4.85. The molecule has 37 heavy (non-hydrogen) atoms.